The molecule has 1 saturated heterocycles. The van der Waals surface area contributed by atoms with Gasteiger partial charge >= 0.3 is 5.97 Å². The molecule has 0 aliphatic carbocycles. The molecule has 0 aromatic carbocycles. The van der Waals surface area contributed by atoms with Gasteiger partial charge in [-0.2, -0.15) is 0 Å². The van der Waals surface area contributed by atoms with Crippen LogP contribution < -0.4 is 5.32 Å². The molecule has 1 fully saturated rings. The van der Waals surface area contributed by atoms with Crippen LogP contribution in [-0.2, 0) is 9.53 Å². The number of carbonyl (C=O) groups excluding carboxylic acids is 1. The second-order valence-corrected chi connectivity index (χ2v) is 4.32. The summed E-state index contributed by atoms with van der Waals surface area (Å²) in [7, 11) is 1.97. The molecule has 1 N–H and O–H groups in total. The van der Waals surface area contributed by atoms with Crippen LogP contribution in [0.5, 0.6) is 0 Å². The maximum Gasteiger partial charge on any atom is 0.320 e. The SMILES string of the molecule is CCOC(=O)CN1CCCCC1CCNC. The average molecular weight is 228 g/mol. The van der Waals surface area contributed by atoms with Gasteiger partial charge in [-0.05, 0) is 46.3 Å². The van der Waals surface area contributed by atoms with Crippen LogP contribution in [0.4, 0.5) is 0 Å². The first-order valence-corrected chi connectivity index (χ1v) is 6.32. The van der Waals surface area contributed by atoms with Crippen molar-refractivity contribution in [2.45, 2.75) is 38.6 Å². The van der Waals surface area contributed by atoms with Crippen molar-refractivity contribution in [2.75, 3.05) is 33.3 Å². The molecule has 1 aliphatic rings. The molecule has 16 heavy (non-hydrogen) atoms. The van der Waals surface area contributed by atoms with E-state index in [9.17, 15) is 4.79 Å². The largest absolute Gasteiger partial charge is 0.465 e. The van der Waals surface area contributed by atoms with Gasteiger partial charge in [-0.25, -0.2) is 0 Å². The van der Waals surface area contributed by atoms with E-state index in [1.807, 2.05) is 14.0 Å². The molecule has 1 heterocycles. The van der Waals surface area contributed by atoms with E-state index in [1.54, 1.807) is 0 Å². The van der Waals surface area contributed by atoms with Crippen LogP contribution in [0, 0.1) is 0 Å². The Kier molecular flexibility index (Phi) is 6.42. The van der Waals surface area contributed by atoms with Crippen molar-refractivity contribution in [2.24, 2.45) is 0 Å². The van der Waals surface area contributed by atoms with E-state index in [0.717, 1.165) is 19.5 Å². The highest BCUT2D eigenvalue weighted by atomic mass is 16.5. The molecule has 0 amide bonds. The van der Waals surface area contributed by atoms with Crippen molar-refractivity contribution in [1.82, 2.24) is 10.2 Å². The van der Waals surface area contributed by atoms with E-state index in [2.05, 4.69) is 10.2 Å². The number of piperidine rings is 1. The Morgan fingerprint density at radius 3 is 3.00 bits per heavy atom. The lowest BCUT2D eigenvalue weighted by atomic mass is 9.99. The van der Waals surface area contributed by atoms with E-state index < -0.39 is 0 Å². The number of nitrogens with one attached hydrogen (secondary N) is 1. The Balaban J connectivity index is 2.37. The Hall–Kier alpha value is -0.610. The Labute approximate surface area is 98.3 Å². The number of nitrogens with zero attached hydrogens (tertiary/aromatic N) is 1. The molecule has 0 saturated carbocycles. The van der Waals surface area contributed by atoms with Crippen molar-refractivity contribution in [1.29, 1.82) is 0 Å². The predicted octanol–water partition coefficient (Wildman–Crippen LogP) is 1.01. The van der Waals surface area contributed by atoms with Crippen molar-refractivity contribution in [3.63, 3.8) is 0 Å². The number of esters is 1. The normalized spacial score (nSPS) is 22.0. The minimum absolute atomic E-state index is 0.0844. The van der Waals surface area contributed by atoms with Gasteiger partial charge in [-0.15, -0.1) is 0 Å². The summed E-state index contributed by atoms with van der Waals surface area (Å²) >= 11 is 0. The highest BCUT2D eigenvalue weighted by Crippen LogP contribution is 2.18. The fraction of sp³-hybridized carbons (Fsp3) is 0.917. The molecule has 0 aromatic heterocycles. The second-order valence-electron chi connectivity index (χ2n) is 4.32. The van der Waals surface area contributed by atoms with Gasteiger partial charge in [-0.1, -0.05) is 6.42 Å². The third-order valence-corrected chi connectivity index (χ3v) is 3.11. The Morgan fingerprint density at radius 1 is 1.50 bits per heavy atom. The van der Waals surface area contributed by atoms with E-state index in [4.69, 9.17) is 4.74 Å². The summed E-state index contributed by atoms with van der Waals surface area (Å²) in [5.41, 5.74) is 0. The molecule has 94 valence electrons. The Morgan fingerprint density at radius 2 is 2.31 bits per heavy atom. The fourth-order valence-corrected chi connectivity index (χ4v) is 2.28. The summed E-state index contributed by atoms with van der Waals surface area (Å²) in [5.74, 6) is -0.0844. The second kappa shape index (κ2) is 7.63. The van der Waals surface area contributed by atoms with Gasteiger partial charge in [0.1, 0.15) is 0 Å². The molecule has 0 radical (unpaired) electrons. The number of hydrogen-bond acceptors (Lipinski definition) is 4. The van der Waals surface area contributed by atoms with Crippen LogP contribution >= 0.6 is 0 Å². The molecule has 1 unspecified atom stereocenters. The average Bonchev–Trinajstić information content (AvgIpc) is 2.28. The summed E-state index contributed by atoms with van der Waals surface area (Å²) in [6, 6.07) is 0.547. The smallest absolute Gasteiger partial charge is 0.320 e. The van der Waals surface area contributed by atoms with Crippen molar-refractivity contribution in [3.05, 3.63) is 0 Å². The zero-order valence-electron chi connectivity index (χ0n) is 10.5. The summed E-state index contributed by atoms with van der Waals surface area (Å²) < 4.78 is 5.00. The first-order valence-electron chi connectivity index (χ1n) is 6.32. The van der Waals surface area contributed by atoms with E-state index in [-0.39, 0.29) is 5.97 Å². The molecule has 4 nitrogen and oxygen atoms in total. The van der Waals surface area contributed by atoms with Crippen molar-refractivity contribution >= 4 is 5.97 Å². The van der Waals surface area contributed by atoms with Crippen LogP contribution in [0.25, 0.3) is 0 Å². The number of carbonyl (C=O) groups is 1. The number of hydrogen-bond donors (Lipinski definition) is 1. The topological polar surface area (TPSA) is 41.6 Å². The lowest BCUT2D eigenvalue weighted by Gasteiger charge is -2.34. The monoisotopic (exact) mass is 228 g/mol. The zero-order valence-corrected chi connectivity index (χ0v) is 10.5. The number of rotatable bonds is 6. The van der Waals surface area contributed by atoms with Crippen LogP contribution in [0.2, 0.25) is 0 Å². The quantitative estimate of drug-likeness (QED) is 0.689. The van der Waals surface area contributed by atoms with Crippen LogP contribution in [0.3, 0.4) is 0 Å². The van der Waals surface area contributed by atoms with Gasteiger partial charge in [0.05, 0.1) is 13.2 Å². The first-order chi connectivity index (χ1) is 7.77. The van der Waals surface area contributed by atoms with Crippen LogP contribution in [0.1, 0.15) is 32.6 Å². The summed E-state index contributed by atoms with van der Waals surface area (Å²) in [6.45, 7) is 4.85. The molecular weight excluding hydrogens is 204 g/mol. The van der Waals surface area contributed by atoms with Gasteiger partial charge in [-0.3, -0.25) is 9.69 Å². The van der Waals surface area contributed by atoms with Crippen LogP contribution in [-0.4, -0.2) is 50.2 Å². The molecule has 1 aliphatic heterocycles. The molecule has 0 bridgehead atoms. The van der Waals surface area contributed by atoms with Gasteiger partial charge in [0.25, 0.3) is 0 Å². The fourth-order valence-electron chi connectivity index (χ4n) is 2.28. The Bertz CT molecular complexity index is 209. The van der Waals surface area contributed by atoms with E-state index in [1.165, 1.54) is 19.3 Å². The van der Waals surface area contributed by atoms with Crippen molar-refractivity contribution in [3.8, 4) is 0 Å². The maximum absolute atomic E-state index is 11.5. The summed E-state index contributed by atoms with van der Waals surface area (Å²) in [5, 5.41) is 3.17. The van der Waals surface area contributed by atoms with Gasteiger partial charge in [0.15, 0.2) is 0 Å². The van der Waals surface area contributed by atoms with Crippen LogP contribution in [0.15, 0.2) is 0 Å². The minimum Gasteiger partial charge on any atom is -0.465 e. The third-order valence-electron chi connectivity index (χ3n) is 3.11. The molecule has 1 rings (SSSR count). The lowest BCUT2D eigenvalue weighted by Crippen LogP contribution is -2.44. The maximum atomic E-state index is 11.5. The van der Waals surface area contributed by atoms with Crippen molar-refractivity contribution < 1.29 is 9.53 Å². The van der Waals surface area contributed by atoms with Gasteiger partial charge < -0.3 is 10.1 Å². The zero-order chi connectivity index (χ0) is 11.8. The first kappa shape index (κ1) is 13.5. The van der Waals surface area contributed by atoms with Gasteiger partial charge in [0, 0.05) is 6.04 Å². The molecule has 1 atom stereocenters. The minimum atomic E-state index is -0.0844. The number of ether oxygens (including phenoxy) is 1. The van der Waals surface area contributed by atoms with E-state index in [0.29, 0.717) is 19.2 Å². The predicted molar refractivity (Wildman–Crippen MR) is 64.4 cm³/mol. The lowest BCUT2D eigenvalue weighted by molar-refractivity contribution is -0.145. The third kappa shape index (κ3) is 4.49. The van der Waals surface area contributed by atoms with E-state index >= 15 is 0 Å². The molecule has 0 aromatic rings. The molecular formula is C12H24N2O2. The number of likely N-dealkylation sites (tertiary alicyclic amines) is 1. The molecule has 4 heteroatoms. The summed E-state index contributed by atoms with van der Waals surface area (Å²) in [4.78, 5) is 13.7. The highest BCUT2D eigenvalue weighted by molar-refractivity contribution is 5.71. The summed E-state index contributed by atoms with van der Waals surface area (Å²) in [6.07, 6.45) is 4.82. The molecule has 0 spiro atoms. The van der Waals surface area contributed by atoms with Gasteiger partial charge in [0.2, 0.25) is 0 Å². The highest BCUT2D eigenvalue weighted by Gasteiger charge is 2.23. The standard InChI is InChI=1S/C12H24N2O2/c1-3-16-12(15)10-14-9-5-4-6-11(14)7-8-13-2/h11,13H,3-10H2,1-2H3.